The van der Waals surface area contributed by atoms with Crippen LogP contribution in [0.5, 0.6) is 0 Å². The molecule has 1 aromatic carbocycles. The summed E-state index contributed by atoms with van der Waals surface area (Å²) in [6.07, 6.45) is 0.910. The Morgan fingerprint density at radius 1 is 1.45 bits per heavy atom. The molecule has 1 atom stereocenters. The van der Waals surface area contributed by atoms with Crippen LogP contribution in [0.25, 0.3) is 10.2 Å². The van der Waals surface area contributed by atoms with Gasteiger partial charge in [0.15, 0.2) is 5.13 Å². The Bertz CT molecular complexity index is 664. The number of nitrogens with one attached hydrogen (secondary N) is 1. The molecular formula is C15H19N3OS. The summed E-state index contributed by atoms with van der Waals surface area (Å²) in [5.41, 5.74) is 3.64. The first-order chi connectivity index (χ1) is 9.60. The van der Waals surface area contributed by atoms with Gasteiger partial charge in [-0.1, -0.05) is 17.4 Å². The number of fused-ring (bicyclic) bond motifs is 1. The number of hydrogen-bond acceptors (Lipinski definition) is 4. The fraction of sp³-hybridized carbons (Fsp3) is 0.467. The highest BCUT2D eigenvalue weighted by Crippen LogP contribution is 2.34. The average molecular weight is 289 g/mol. The van der Waals surface area contributed by atoms with E-state index in [4.69, 9.17) is 4.98 Å². The zero-order valence-electron chi connectivity index (χ0n) is 12.1. The van der Waals surface area contributed by atoms with Crippen molar-refractivity contribution in [2.75, 3.05) is 25.0 Å². The standard InChI is InChI=1S/C15H19N3OS/c1-9-4-5-12-13(10(9)2)17-15(20-12)18-7-6-11(8-18)14(19)16-3/h4-5,11H,6-8H2,1-3H3,(H,16,19). The molecule has 2 aromatic rings. The lowest BCUT2D eigenvalue weighted by molar-refractivity contribution is -0.123. The average Bonchev–Trinajstić information content (AvgIpc) is 3.08. The summed E-state index contributed by atoms with van der Waals surface area (Å²) < 4.78 is 1.23. The molecular weight excluding hydrogens is 270 g/mol. The second-order valence-electron chi connectivity index (χ2n) is 5.40. The molecule has 3 rings (SSSR count). The minimum absolute atomic E-state index is 0.0924. The summed E-state index contributed by atoms with van der Waals surface area (Å²) in [6.45, 7) is 5.93. The number of hydrogen-bond donors (Lipinski definition) is 1. The predicted octanol–water partition coefficient (Wildman–Crippen LogP) is 2.49. The van der Waals surface area contributed by atoms with Gasteiger partial charge in [0, 0.05) is 20.1 Å². The number of nitrogens with zero attached hydrogens (tertiary/aromatic N) is 2. The van der Waals surface area contributed by atoms with Crippen molar-refractivity contribution in [1.29, 1.82) is 0 Å². The number of benzene rings is 1. The van der Waals surface area contributed by atoms with Crippen molar-refractivity contribution in [3.05, 3.63) is 23.3 Å². The Hall–Kier alpha value is -1.62. The molecule has 2 heterocycles. The van der Waals surface area contributed by atoms with Gasteiger partial charge in [-0.15, -0.1) is 0 Å². The van der Waals surface area contributed by atoms with Crippen molar-refractivity contribution >= 4 is 32.6 Å². The first-order valence-corrected chi connectivity index (χ1v) is 7.75. The first kappa shape index (κ1) is 13.4. The van der Waals surface area contributed by atoms with E-state index in [0.29, 0.717) is 0 Å². The van der Waals surface area contributed by atoms with Gasteiger partial charge in [-0.3, -0.25) is 4.79 Å². The van der Waals surface area contributed by atoms with Gasteiger partial charge in [0.2, 0.25) is 5.91 Å². The molecule has 0 spiro atoms. The fourth-order valence-electron chi connectivity index (χ4n) is 2.70. The fourth-order valence-corrected chi connectivity index (χ4v) is 3.76. The van der Waals surface area contributed by atoms with Crippen LogP contribution in [0, 0.1) is 19.8 Å². The highest BCUT2D eigenvalue weighted by atomic mass is 32.1. The summed E-state index contributed by atoms with van der Waals surface area (Å²) in [4.78, 5) is 18.7. The molecule has 20 heavy (non-hydrogen) atoms. The number of aromatic nitrogens is 1. The van der Waals surface area contributed by atoms with Crippen molar-refractivity contribution in [1.82, 2.24) is 10.3 Å². The maximum absolute atomic E-state index is 11.7. The number of thiazole rings is 1. The Kier molecular flexibility index (Phi) is 3.38. The minimum Gasteiger partial charge on any atom is -0.359 e. The van der Waals surface area contributed by atoms with E-state index in [1.54, 1.807) is 18.4 Å². The Morgan fingerprint density at radius 3 is 3.00 bits per heavy atom. The molecule has 1 unspecified atom stereocenters. The molecule has 0 bridgehead atoms. The van der Waals surface area contributed by atoms with E-state index in [-0.39, 0.29) is 11.8 Å². The van der Waals surface area contributed by atoms with Gasteiger partial charge in [-0.05, 0) is 37.5 Å². The third-order valence-electron chi connectivity index (χ3n) is 4.15. The maximum Gasteiger partial charge on any atom is 0.224 e. The Morgan fingerprint density at radius 2 is 2.25 bits per heavy atom. The Labute approximate surface area is 122 Å². The molecule has 5 heteroatoms. The quantitative estimate of drug-likeness (QED) is 0.924. The summed E-state index contributed by atoms with van der Waals surface area (Å²) in [5.74, 6) is 0.232. The highest BCUT2D eigenvalue weighted by Gasteiger charge is 2.29. The van der Waals surface area contributed by atoms with Gasteiger partial charge >= 0.3 is 0 Å². The molecule has 0 radical (unpaired) electrons. The van der Waals surface area contributed by atoms with Crippen LogP contribution in [0.3, 0.4) is 0 Å². The van der Waals surface area contributed by atoms with Crippen LogP contribution in [-0.4, -0.2) is 31.0 Å². The lowest BCUT2D eigenvalue weighted by atomic mass is 10.1. The number of carbonyl (C=O) groups excluding carboxylic acids is 1. The predicted molar refractivity (Wildman–Crippen MR) is 83.5 cm³/mol. The van der Waals surface area contributed by atoms with E-state index in [2.05, 4.69) is 36.2 Å². The highest BCUT2D eigenvalue weighted by molar-refractivity contribution is 7.22. The van der Waals surface area contributed by atoms with E-state index in [9.17, 15) is 4.79 Å². The smallest absolute Gasteiger partial charge is 0.224 e. The number of anilines is 1. The van der Waals surface area contributed by atoms with Crippen LogP contribution in [0.1, 0.15) is 17.5 Å². The van der Waals surface area contributed by atoms with Crippen molar-refractivity contribution in [2.24, 2.45) is 5.92 Å². The zero-order chi connectivity index (χ0) is 14.3. The second kappa shape index (κ2) is 5.05. The van der Waals surface area contributed by atoms with Crippen molar-refractivity contribution in [3.8, 4) is 0 Å². The van der Waals surface area contributed by atoms with Crippen LogP contribution in [-0.2, 0) is 4.79 Å². The van der Waals surface area contributed by atoms with E-state index in [1.807, 2.05) is 0 Å². The van der Waals surface area contributed by atoms with E-state index in [1.165, 1.54) is 15.8 Å². The normalized spacial score (nSPS) is 18.8. The lowest BCUT2D eigenvalue weighted by Gasteiger charge is -2.14. The summed E-state index contributed by atoms with van der Waals surface area (Å²) in [7, 11) is 1.70. The monoisotopic (exact) mass is 289 g/mol. The van der Waals surface area contributed by atoms with Gasteiger partial charge in [-0.2, -0.15) is 0 Å². The van der Waals surface area contributed by atoms with Crippen LogP contribution >= 0.6 is 11.3 Å². The molecule has 4 nitrogen and oxygen atoms in total. The van der Waals surface area contributed by atoms with Gasteiger partial charge < -0.3 is 10.2 Å². The molecule has 1 aliphatic rings. The summed E-state index contributed by atoms with van der Waals surface area (Å²) in [6, 6.07) is 4.29. The first-order valence-electron chi connectivity index (χ1n) is 6.93. The van der Waals surface area contributed by atoms with E-state index < -0.39 is 0 Å². The lowest BCUT2D eigenvalue weighted by Crippen LogP contribution is -2.30. The maximum atomic E-state index is 11.7. The van der Waals surface area contributed by atoms with Crippen LogP contribution in [0.4, 0.5) is 5.13 Å². The van der Waals surface area contributed by atoms with E-state index in [0.717, 1.165) is 30.2 Å². The molecule has 1 aromatic heterocycles. The van der Waals surface area contributed by atoms with Gasteiger partial charge in [-0.25, -0.2) is 4.98 Å². The molecule has 1 fully saturated rings. The van der Waals surface area contributed by atoms with Gasteiger partial charge in [0.25, 0.3) is 0 Å². The van der Waals surface area contributed by atoms with Crippen molar-refractivity contribution in [3.63, 3.8) is 0 Å². The van der Waals surface area contributed by atoms with Crippen LogP contribution < -0.4 is 10.2 Å². The van der Waals surface area contributed by atoms with Crippen molar-refractivity contribution in [2.45, 2.75) is 20.3 Å². The molecule has 1 amide bonds. The van der Waals surface area contributed by atoms with Crippen molar-refractivity contribution < 1.29 is 4.79 Å². The molecule has 1 N–H and O–H groups in total. The number of aryl methyl sites for hydroxylation is 2. The van der Waals surface area contributed by atoms with Gasteiger partial charge in [0.05, 0.1) is 16.1 Å². The van der Waals surface area contributed by atoms with Crippen LogP contribution in [0.15, 0.2) is 12.1 Å². The third kappa shape index (κ3) is 2.16. The summed E-state index contributed by atoms with van der Waals surface area (Å²) in [5, 5.41) is 3.78. The minimum atomic E-state index is 0.0924. The molecule has 1 saturated heterocycles. The summed E-state index contributed by atoms with van der Waals surface area (Å²) >= 11 is 1.72. The molecule has 106 valence electrons. The number of carbonyl (C=O) groups is 1. The molecule has 1 aliphatic heterocycles. The Balaban J connectivity index is 1.89. The van der Waals surface area contributed by atoms with Gasteiger partial charge in [0.1, 0.15) is 0 Å². The number of amides is 1. The third-order valence-corrected chi connectivity index (χ3v) is 5.23. The zero-order valence-corrected chi connectivity index (χ0v) is 12.9. The molecule has 0 saturated carbocycles. The topological polar surface area (TPSA) is 45.2 Å². The van der Waals surface area contributed by atoms with Crippen LogP contribution in [0.2, 0.25) is 0 Å². The largest absolute Gasteiger partial charge is 0.359 e. The number of rotatable bonds is 2. The second-order valence-corrected chi connectivity index (χ2v) is 6.41. The molecule has 0 aliphatic carbocycles. The van der Waals surface area contributed by atoms with E-state index >= 15 is 0 Å². The SMILES string of the molecule is CNC(=O)C1CCN(c2nc3c(C)c(C)ccc3s2)C1.